The third-order valence-electron chi connectivity index (χ3n) is 4.24. The lowest BCUT2D eigenvalue weighted by Crippen LogP contribution is -2.15. The smallest absolute Gasteiger partial charge is 0.298 e. The summed E-state index contributed by atoms with van der Waals surface area (Å²) < 4.78 is 29.3. The Labute approximate surface area is 144 Å². The van der Waals surface area contributed by atoms with Gasteiger partial charge in [-0.05, 0) is 30.4 Å². The van der Waals surface area contributed by atoms with Crippen molar-refractivity contribution in [3.8, 4) is 0 Å². The van der Waals surface area contributed by atoms with Crippen molar-refractivity contribution in [2.24, 2.45) is 0 Å². The van der Waals surface area contributed by atoms with Crippen molar-refractivity contribution in [3.05, 3.63) is 70.8 Å². The van der Waals surface area contributed by atoms with E-state index >= 15 is 0 Å². The second-order valence-electron chi connectivity index (χ2n) is 6.18. The fraction of sp³-hybridized carbons (Fsp3) is 0.429. The summed E-state index contributed by atoms with van der Waals surface area (Å²) in [5.74, 6) is -2.94. The van der Waals surface area contributed by atoms with Crippen LogP contribution in [0.4, 0.5) is 8.78 Å². The fourth-order valence-corrected chi connectivity index (χ4v) is 2.80. The molecule has 0 radical (unpaired) electrons. The number of unbranched alkanes of at least 4 members (excludes halogenated alkanes) is 2. The lowest BCUT2D eigenvalue weighted by atomic mass is 9.96. The highest BCUT2D eigenvalue weighted by Crippen LogP contribution is 2.35. The van der Waals surface area contributed by atoms with Gasteiger partial charge in [-0.15, -0.1) is 0 Å². The zero-order chi connectivity index (χ0) is 16.7. The first-order valence-electron chi connectivity index (χ1n) is 8.64. The third-order valence-corrected chi connectivity index (χ3v) is 4.24. The Morgan fingerprint density at radius 1 is 0.667 bits per heavy atom. The van der Waals surface area contributed by atoms with Gasteiger partial charge in [-0.1, -0.05) is 81.6 Å². The highest BCUT2D eigenvalue weighted by molar-refractivity contribution is 5.36. The van der Waals surface area contributed by atoms with Crippen LogP contribution < -0.4 is 0 Å². The monoisotopic (exact) mass is 334 g/mol. The molecule has 24 heavy (non-hydrogen) atoms. The molecule has 3 heteroatoms. The number of halogens is 2. The van der Waals surface area contributed by atoms with Crippen LogP contribution in [0.1, 0.15) is 61.8 Å². The van der Waals surface area contributed by atoms with Crippen molar-refractivity contribution in [2.45, 2.75) is 58.3 Å². The normalized spacial score (nSPS) is 11.2. The summed E-state index contributed by atoms with van der Waals surface area (Å²) in [7, 11) is 0. The highest BCUT2D eigenvalue weighted by atomic mass is 19.3. The van der Waals surface area contributed by atoms with Crippen LogP contribution in [0, 0.1) is 0 Å². The second kappa shape index (κ2) is 9.53. The Bertz CT molecular complexity index is 588. The van der Waals surface area contributed by atoms with Gasteiger partial charge in [0, 0.05) is 11.1 Å². The maximum absolute atomic E-state index is 14.6. The quantitative estimate of drug-likeness (QED) is 0.556. The van der Waals surface area contributed by atoms with Crippen LogP contribution in [-0.2, 0) is 18.8 Å². The predicted octanol–water partition coefficient (Wildman–Crippen LogP) is 5.69. The van der Waals surface area contributed by atoms with Crippen molar-refractivity contribution in [2.75, 3.05) is 0 Å². The number of hydrogen-bond acceptors (Lipinski definition) is 0. The number of alkyl halides is 2. The maximum Gasteiger partial charge on any atom is 0.298 e. The molecule has 0 saturated heterocycles. The van der Waals surface area contributed by atoms with Crippen LogP contribution in [0.2, 0.25) is 0 Å². The molecular formula is C21H28F2O. The summed E-state index contributed by atoms with van der Waals surface area (Å²) in [5, 5.41) is 0. The first-order valence-corrected chi connectivity index (χ1v) is 8.64. The zero-order valence-corrected chi connectivity index (χ0v) is 14.6. The lowest BCUT2D eigenvalue weighted by Gasteiger charge is -2.18. The van der Waals surface area contributed by atoms with Crippen LogP contribution in [0.5, 0.6) is 0 Å². The highest BCUT2D eigenvalue weighted by Gasteiger charge is 2.33. The van der Waals surface area contributed by atoms with E-state index in [2.05, 4.69) is 13.8 Å². The predicted molar refractivity (Wildman–Crippen MR) is 96.7 cm³/mol. The standard InChI is InChI=1S/C21H26F2.H2O/c1-3-5-6-8-18-11-15-20(16-12-18)21(22,23)19-13-9-17(7-4-2)10-14-19;/h9-16H,3-8H2,1-2H3;1H2. The van der Waals surface area contributed by atoms with E-state index in [1.807, 2.05) is 24.3 Å². The molecule has 0 amide bonds. The zero-order valence-electron chi connectivity index (χ0n) is 14.6. The molecule has 0 aromatic heterocycles. The molecule has 0 bridgehead atoms. The number of hydrogen-bond donors (Lipinski definition) is 0. The van der Waals surface area contributed by atoms with E-state index in [-0.39, 0.29) is 16.6 Å². The summed E-state index contributed by atoms with van der Waals surface area (Å²) >= 11 is 0. The Balaban J connectivity index is 0.00000288. The van der Waals surface area contributed by atoms with Crippen molar-refractivity contribution in [3.63, 3.8) is 0 Å². The van der Waals surface area contributed by atoms with E-state index in [1.54, 1.807) is 24.3 Å². The Kier molecular flexibility index (Phi) is 8.06. The summed E-state index contributed by atoms with van der Waals surface area (Å²) in [6.45, 7) is 4.25. The van der Waals surface area contributed by atoms with Crippen LogP contribution in [0.25, 0.3) is 0 Å². The van der Waals surface area contributed by atoms with E-state index in [1.165, 1.54) is 12.8 Å². The fourth-order valence-electron chi connectivity index (χ4n) is 2.80. The molecule has 2 N–H and O–H groups in total. The van der Waals surface area contributed by atoms with Gasteiger partial charge in [-0.3, -0.25) is 0 Å². The molecule has 0 aliphatic carbocycles. The minimum atomic E-state index is -2.94. The number of rotatable bonds is 8. The van der Waals surface area contributed by atoms with E-state index < -0.39 is 5.92 Å². The largest absolute Gasteiger partial charge is 0.412 e. The average molecular weight is 334 g/mol. The first-order chi connectivity index (χ1) is 11.1. The van der Waals surface area contributed by atoms with E-state index in [4.69, 9.17) is 0 Å². The molecule has 0 saturated carbocycles. The molecule has 0 aliphatic rings. The molecule has 1 nitrogen and oxygen atoms in total. The minimum Gasteiger partial charge on any atom is -0.412 e. The maximum atomic E-state index is 14.6. The van der Waals surface area contributed by atoms with Crippen LogP contribution in [0.15, 0.2) is 48.5 Å². The van der Waals surface area contributed by atoms with E-state index in [0.717, 1.165) is 36.8 Å². The summed E-state index contributed by atoms with van der Waals surface area (Å²) in [6, 6.07) is 13.6. The lowest BCUT2D eigenvalue weighted by molar-refractivity contribution is 0.0428. The molecule has 2 rings (SSSR count). The first kappa shape index (κ1) is 20.3. The van der Waals surface area contributed by atoms with Crippen molar-refractivity contribution < 1.29 is 14.3 Å². The van der Waals surface area contributed by atoms with Gasteiger partial charge in [0.15, 0.2) is 0 Å². The molecular weight excluding hydrogens is 306 g/mol. The molecule has 132 valence electrons. The Morgan fingerprint density at radius 3 is 1.54 bits per heavy atom. The van der Waals surface area contributed by atoms with Gasteiger partial charge in [-0.25, -0.2) is 0 Å². The molecule has 2 aromatic carbocycles. The Morgan fingerprint density at radius 2 is 1.12 bits per heavy atom. The summed E-state index contributed by atoms with van der Waals surface area (Å²) in [5.41, 5.74) is 2.38. The SMILES string of the molecule is CCCCCc1ccc(C(F)(F)c2ccc(CCC)cc2)cc1.O. The van der Waals surface area contributed by atoms with Crippen molar-refractivity contribution >= 4 is 0 Å². The van der Waals surface area contributed by atoms with Gasteiger partial charge < -0.3 is 5.48 Å². The van der Waals surface area contributed by atoms with Gasteiger partial charge in [0.25, 0.3) is 5.92 Å². The van der Waals surface area contributed by atoms with Crippen molar-refractivity contribution in [1.82, 2.24) is 0 Å². The molecule has 2 aromatic rings. The minimum absolute atomic E-state index is 0. The van der Waals surface area contributed by atoms with E-state index in [0.29, 0.717) is 0 Å². The summed E-state index contributed by atoms with van der Waals surface area (Å²) in [4.78, 5) is 0. The van der Waals surface area contributed by atoms with E-state index in [9.17, 15) is 8.78 Å². The Hall–Kier alpha value is -1.74. The molecule has 0 aliphatic heterocycles. The van der Waals surface area contributed by atoms with Gasteiger partial charge in [0.1, 0.15) is 0 Å². The van der Waals surface area contributed by atoms with Gasteiger partial charge in [0.2, 0.25) is 0 Å². The van der Waals surface area contributed by atoms with Crippen molar-refractivity contribution in [1.29, 1.82) is 0 Å². The molecule has 0 atom stereocenters. The average Bonchev–Trinajstić information content (AvgIpc) is 2.56. The van der Waals surface area contributed by atoms with Crippen LogP contribution in [0.3, 0.4) is 0 Å². The van der Waals surface area contributed by atoms with Crippen LogP contribution >= 0.6 is 0 Å². The molecule has 0 spiro atoms. The topological polar surface area (TPSA) is 31.5 Å². The van der Waals surface area contributed by atoms with Gasteiger partial charge in [0.05, 0.1) is 0 Å². The number of benzene rings is 2. The molecule has 0 unspecified atom stereocenters. The number of aryl methyl sites for hydroxylation is 2. The molecule has 0 fully saturated rings. The molecule has 0 heterocycles. The van der Waals surface area contributed by atoms with Gasteiger partial charge in [-0.2, -0.15) is 8.78 Å². The summed E-state index contributed by atoms with van der Waals surface area (Å²) in [6.07, 6.45) is 6.39. The second-order valence-corrected chi connectivity index (χ2v) is 6.18. The van der Waals surface area contributed by atoms with Gasteiger partial charge >= 0.3 is 0 Å². The third kappa shape index (κ3) is 5.13. The van der Waals surface area contributed by atoms with Crippen LogP contribution in [-0.4, -0.2) is 5.48 Å².